The maximum atomic E-state index is 11.8. The maximum Gasteiger partial charge on any atom is 0.229 e. The van der Waals surface area contributed by atoms with E-state index in [1.54, 1.807) is 6.92 Å². The van der Waals surface area contributed by atoms with Gasteiger partial charge in [-0.15, -0.1) is 0 Å². The van der Waals surface area contributed by atoms with Gasteiger partial charge in [-0.1, -0.05) is 5.16 Å². The van der Waals surface area contributed by atoms with Crippen LogP contribution in [0.5, 0.6) is 0 Å². The third-order valence-electron chi connectivity index (χ3n) is 3.69. The van der Waals surface area contributed by atoms with Gasteiger partial charge in [-0.25, -0.2) is 0 Å². The molecule has 2 bridgehead atoms. The van der Waals surface area contributed by atoms with Crippen LogP contribution in [0.1, 0.15) is 36.9 Å². The number of ketones is 1. The van der Waals surface area contributed by atoms with Crippen molar-refractivity contribution in [1.29, 1.82) is 0 Å². The van der Waals surface area contributed by atoms with Crippen LogP contribution < -0.4 is 5.32 Å². The van der Waals surface area contributed by atoms with Crippen molar-refractivity contribution in [2.45, 2.75) is 44.2 Å². The molecule has 0 aromatic carbocycles. The first kappa shape index (κ1) is 11.4. The van der Waals surface area contributed by atoms with E-state index in [0.29, 0.717) is 30.1 Å². The molecule has 0 radical (unpaired) electrons. The number of rotatable bonds is 1. The molecule has 0 aliphatic carbocycles. The Bertz CT molecular complexity index is 508. The smallest absolute Gasteiger partial charge is 0.229 e. The van der Waals surface area contributed by atoms with Crippen LogP contribution in [0.4, 0.5) is 0 Å². The Balaban J connectivity index is 1.84. The van der Waals surface area contributed by atoms with E-state index in [4.69, 9.17) is 9.63 Å². The fraction of sp³-hybridized carbons (Fsp3) is 0.583. The monoisotopic (exact) mass is 249 g/mol. The summed E-state index contributed by atoms with van der Waals surface area (Å²) >= 11 is 0. The van der Waals surface area contributed by atoms with Gasteiger partial charge in [0.25, 0.3) is 0 Å². The molecule has 2 saturated heterocycles. The highest BCUT2D eigenvalue weighted by atomic mass is 16.5. The van der Waals surface area contributed by atoms with Crippen LogP contribution >= 0.6 is 0 Å². The largest absolute Gasteiger partial charge is 0.515 e. The number of carbonyl (C=O) groups excluding carboxylic acids is 1. The van der Waals surface area contributed by atoms with Gasteiger partial charge in [0, 0.05) is 30.0 Å². The zero-order chi connectivity index (χ0) is 12.7. The molecule has 6 nitrogen and oxygen atoms in total. The van der Waals surface area contributed by atoms with E-state index in [-0.39, 0.29) is 23.8 Å². The van der Waals surface area contributed by atoms with Gasteiger partial charge in [0.1, 0.15) is 0 Å². The van der Waals surface area contributed by atoms with E-state index in [0.717, 1.165) is 12.7 Å². The lowest BCUT2D eigenvalue weighted by atomic mass is 9.77. The molecule has 3 heterocycles. The predicted molar refractivity (Wildman–Crippen MR) is 62.1 cm³/mol. The van der Waals surface area contributed by atoms with Gasteiger partial charge in [-0.2, -0.15) is 4.98 Å². The van der Waals surface area contributed by atoms with E-state index >= 15 is 0 Å². The highest BCUT2D eigenvalue weighted by Crippen LogP contribution is 2.36. The normalized spacial score (nSPS) is 33.9. The molecule has 1 aromatic rings. The minimum atomic E-state index is -0.104. The topological polar surface area (TPSA) is 88.2 Å². The number of aryl methyl sites for hydroxylation is 1. The molecule has 3 atom stereocenters. The van der Waals surface area contributed by atoms with Crippen LogP contribution in [0.2, 0.25) is 0 Å². The van der Waals surface area contributed by atoms with Crippen LogP contribution in [0.15, 0.2) is 16.4 Å². The molecule has 96 valence electrons. The number of fused-ring (bicyclic) bond motifs is 2. The first-order chi connectivity index (χ1) is 8.67. The summed E-state index contributed by atoms with van der Waals surface area (Å²) in [6.45, 7) is 1.79. The number of nitrogens with one attached hydrogen (secondary N) is 1. The quantitative estimate of drug-likeness (QED) is 0.570. The van der Waals surface area contributed by atoms with Crippen molar-refractivity contribution >= 4 is 5.78 Å². The lowest BCUT2D eigenvalue weighted by Gasteiger charge is -2.39. The predicted octanol–water partition coefficient (Wildman–Crippen LogP) is 0.997. The third-order valence-corrected chi connectivity index (χ3v) is 3.69. The number of piperidine rings is 2. The van der Waals surface area contributed by atoms with Crippen molar-refractivity contribution in [3.63, 3.8) is 0 Å². The van der Waals surface area contributed by atoms with Crippen LogP contribution in [-0.2, 0) is 4.79 Å². The number of aliphatic hydroxyl groups excluding tert-OH is 1. The van der Waals surface area contributed by atoms with Crippen molar-refractivity contribution in [3.05, 3.63) is 23.6 Å². The molecule has 2 aliphatic rings. The van der Waals surface area contributed by atoms with Gasteiger partial charge >= 0.3 is 0 Å². The molecule has 0 saturated carbocycles. The lowest BCUT2D eigenvalue weighted by molar-refractivity contribution is -0.118. The molecule has 1 aromatic heterocycles. The molecule has 0 spiro atoms. The number of hydrogen-bond donors (Lipinski definition) is 2. The molecule has 18 heavy (non-hydrogen) atoms. The maximum absolute atomic E-state index is 11.8. The van der Waals surface area contributed by atoms with E-state index in [9.17, 15) is 4.79 Å². The Morgan fingerprint density at radius 1 is 1.50 bits per heavy atom. The summed E-state index contributed by atoms with van der Waals surface area (Å²) in [7, 11) is 0. The van der Waals surface area contributed by atoms with Crippen LogP contribution in [0.25, 0.3) is 0 Å². The number of Topliss-reactive ketones (excluding diaryl/α,β-unsaturated/α-hetero) is 1. The molecule has 2 aliphatic heterocycles. The second-order valence-corrected chi connectivity index (χ2v) is 4.98. The summed E-state index contributed by atoms with van der Waals surface area (Å²) in [5.41, 5.74) is 0.465. The summed E-state index contributed by atoms with van der Waals surface area (Å²) in [5.74, 6) is 1.45. The average molecular weight is 249 g/mol. The Kier molecular flexibility index (Phi) is 2.66. The highest BCUT2D eigenvalue weighted by Gasteiger charge is 2.40. The Morgan fingerprint density at radius 2 is 2.33 bits per heavy atom. The number of aliphatic hydroxyl groups is 1. The van der Waals surface area contributed by atoms with E-state index in [1.807, 2.05) is 0 Å². The zero-order valence-corrected chi connectivity index (χ0v) is 10.1. The number of hydrogen-bond acceptors (Lipinski definition) is 6. The molecular weight excluding hydrogens is 234 g/mol. The molecule has 2 fully saturated rings. The van der Waals surface area contributed by atoms with Crippen molar-refractivity contribution in [2.24, 2.45) is 0 Å². The first-order valence-electron chi connectivity index (χ1n) is 6.11. The summed E-state index contributed by atoms with van der Waals surface area (Å²) in [6.07, 6.45) is 2.88. The molecule has 3 rings (SSSR count). The van der Waals surface area contributed by atoms with Crippen molar-refractivity contribution < 1.29 is 14.4 Å². The zero-order valence-electron chi connectivity index (χ0n) is 10.1. The minimum Gasteiger partial charge on any atom is -0.515 e. The highest BCUT2D eigenvalue weighted by molar-refractivity contribution is 5.97. The fourth-order valence-electron chi connectivity index (χ4n) is 2.88. The Hall–Kier alpha value is -1.69. The van der Waals surface area contributed by atoms with Gasteiger partial charge in [0.15, 0.2) is 11.6 Å². The fourth-order valence-corrected chi connectivity index (χ4v) is 2.88. The molecule has 2 N–H and O–H groups in total. The van der Waals surface area contributed by atoms with Crippen molar-refractivity contribution in [2.75, 3.05) is 0 Å². The summed E-state index contributed by atoms with van der Waals surface area (Å²) in [6, 6.07) is 0.0318. The Morgan fingerprint density at radius 3 is 3.00 bits per heavy atom. The molecule has 0 amide bonds. The van der Waals surface area contributed by atoms with E-state index < -0.39 is 0 Å². The minimum absolute atomic E-state index is 0.0337. The number of aromatic nitrogens is 2. The summed E-state index contributed by atoms with van der Waals surface area (Å²) < 4.78 is 5.21. The Labute approximate surface area is 104 Å². The SMILES string of the molecule is Cc1noc(C2CC3CC(=O)/C(=C/O)C(C2)N3)n1. The van der Waals surface area contributed by atoms with Crippen molar-refractivity contribution in [3.8, 4) is 0 Å². The third kappa shape index (κ3) is 1.82. The average Bonchev–Trinajstić information content (AvgIpc) is 2.75. The van der Waals surface area contributed by atoms with Gasteiger partial charge in [-0.3, -0.25) is 4.79 Å². The number of carbonyl (C=O) groups is 1. The van der Waals surface area contributed by atoms with E-state index in [1.165, 1.54) is 0 Å². The first-order valence-corrected chi connectivity index (χ1v) is 6.11. The molecular formula is C12H15N3O3. The second kappa shape index (κ2) is 4.20. The van der Waals surface area contributed by atoms with Gasteiger partial charge in [0.05, 0.1) is 6.26 Å². The van der Waals surface area contributed by atoms with Gasteiger partial charge in [-0.05, 0) is 19.8 Å². The van der Waals surface area contributed by atoms with Crippen molar-refractivity contribution in [1.82, 2.24) is 15.5 Å². The number of nitrogens with zero attached hydrogens (tertiary/aromatic N) is 2. The summed E-state index contributed by atoms with van der Waals surface area (Å²) in [5, 5.41) is 16.3. The summed E-state index contributed by atoms with van der Waals surface area (Å²) in [4.78, 5) is 16.0. The standard InChI is InChI=1S/C12H15N3O3/c1-6-13-12(18-15-6)7-2-8-4-11(17)9(5-16)10(3-7)14-8/h5,7-8,10,14,16H,2-4H2,1H3/b9-5+. The van der Waals surface area contributed by atoms with Gasteiger partial charge < -0.3 is 14.9 Å². The van der Waals surface area contributed by atoms with E-state index in [2.05, 4.69) is 15.5 Å². The molecule has 6 heteroatoms. The lowest BCUT2D eigenvalue weighted by Crippen LogP contribution is -2.52. The van der Waals surface area contributed by atoms with Crippen LogP contribution in [0.3, 0.4) is 0 Å². The second-order valence-electron chi connectivity index (χ2n) is 4.98. The van der Waals surface area contributed by atoms with Crippen LogP contribution in [-0.4, -0.2) is 33.1 Å². The molecule has 3 unspecified atom stereocenters. The van der Waals surface area contributed by atoms with Crippen LogP contribution in [0, 0.1) is 6.92 Å². The van der Waals surface area contributed by atoms with Gasteiger partial charge in [0.2, 0.25) is 5.89 Å².